The maximum Gasteiger partial charge on any atom is 0.414 e. The maximum absolute atomic E-state index is 13.3. The molecule has 3 aliphatic rings. The molecule has 451 valence electrons. The number of para-hydroxylation sites is 4. The monoisotopic (exact) mass is 1300 g/mol. The minimum absolute atomic E-state index is 0.0528. The second kappa shape index (κ2) is 45.2. The number of anilines is 4. The molecule has 4 aromatic carbocycles. The molecule has 1 N–H and O–H groups in total. The number of benzene rings is 4. The molecule has 4 heterocycles. The lowest BCUT2D eigenvalue weighted by Gasteiger charge is -2.48. The molecular formula is C68H46B27N8O2. The number of ether oxygens (including phenoxy) is 1. The van der Waals surface area contributed by atoms with Gasteiger partial charge in [0, 0.05) is 291 Å². The highest BCUT2D eigenvalue weighted by Gasteiger charge is 2.50. The number of nitrogens with zero attached hydrogens (tertiary/aromatic N) is 7. The summed E-state index contributed by atoms with van der Waals surface area (Å²) in [5, 5.41) is 3.42. The second-order valence-electron chi connectivity index (χ2n) is 23.6. The summed E-state index contributed by atoms with van der Waals surface area (Å²) in [4.78, 5) is 28.5. The Labute approximate surface area is 643 Å². The van der Waals surface area contributed by atoms with Crippen LogP contribution in [-0.2, 0) is 31.9 Å². The fraction of sp³-hybridized carbons (Fsp3) is 0.147. The zero-order chi connectivity index (χ0) is 76.0. The van der Waals surface area contributed by atoms with Gasteiger partial charge in [-0.05, 0) is 151 Å². The Bertz CT molecular complexity index is 4850. The number of rotatable bonds is 18. The summed E-state index contributed by atoms with van der Waals surface area (Å²) in [5.74, 6) is 0.0528. The van der Waals surface area contributed by atoms with E-state index >= 15 is 0 Å². The van der Waals surface area contributed by atoms with Gasteiger partial charge in [-0.1, -0.05) is 84.3 Å². The molecule has 0 bridgehead atoms. The van der Waals surface area contributed by atoms with Crippen molar-refractivity contribution in [1.29, 1.82) is 0 Å². The molecule has 2 aromatic heterocycles. The van der Waals surface area contributed by atoms with Crippen LogP contribution in [0.15, 0.2) is 279 Å². The molecule has 10 nitrogen and oxygen atoms in total. The van der Waals surface area contributed by atoms with Gasteiger partial charge in [0.05, 0.1) is 59.9 Å². The highest BCUT2D eigenvalue weighted by molar-refractivity contribution is 8.25. The van der Waals surface area contributed by atoms with Gasteiger partial charge in [0.15, 0.2) is 0 Å². The van der Waals surface area contributed by atoms with E-state index in [1.54, 1.807) is 4.90 Å². The fourth-order valence-electron chi connectivity index (χ4n) is 12.2. The van der Waals surface area contributed by atoms with E-state index in [1.807, 2.05) is 60.3 Å². The van der Waals surface area contributed by atoms with Crippen LogP contribution in [0.3, 0.4) is 0 Å². The summed E-state index contributed by atoms with van der Waals surface area (Å²) in [7, 11) is 88.5. The van der Waals surface area contributed by atoms with Crippen molar-refractivity contribution in [3.8, 4) is 11.1 Å². The van der Waals surface area contributed by atoms with Crippen LogP contribution in [-0.4, -0.2) is 250 Å². The third kappa shape index (κ3) is 26.3. The number of nitrogens with one attached hydrogen (secondary N) is 1. The van der Waals surface area contributed by atoms with E-state index in [2.05, 4.69) is 267 Å². The minimum Gasteiger partial charge on any atom is -0.448 e. The van der Waals surface area contributed by atoms with Crippen LogP contribution < -0.4 is 20.0 Å². The molecule has 1 aliphatic carbocycles. The molecule has 0 saturated carbocycles. The van der Waals surface area contributed by atoms with Gasteiger partial charge >= 0.3 is 6.09 Å². The number of carbonyl (C=O) groups excluding carboxylic acids is 1. The van der Waals surface area contributed by atoms with Gasteiger partial charge in [0.2, 0.25) is 0 Å². The molecular weight excluding hydrogens is 1250 g/mol. The molecule has 2 aliphatic heterocycles. The van der Waals surface area contributed by atoms with Crippen LogP contribution in [0.25, 0.3) is 11.1 Å². The Morgan fingerprint density at radius 1 is 0.467 bits per heavy atom. The number of carbonyl (C=O) groups is 1. The number of hydrogen-bond acceptors (Lipinski definition) is 7. The number of aryl methyl sites for hydroxylation is 2. The predicted octanol–water partition coefficient (Wildman–Crippen LogP) is 1.45. The van der Waals surface area contributed by atoms with Crippen LogP contribution in [0.5, 0.6) is 0 Å². The van der Waals surface area contributed by atoms with E-state index in [4.69, 9.17) is 113 Å². The average molecular weight is 1300 g/mol. The summed E-state index contributed by atoms with van der Waals surface area (Å²) < 4.78 is 9.89. The highest BCUT2D eigenvalue weighted by Crippen LogP contribution is 2.45. The first kappa shape index (κ1) is 83.9. The lowest BCUT2D eigenvalue weighted by molar-refractivity contribution is 0.150. The van der Waals surface area contributed by atoms with Crippen molar-refractivity contribution < 1.29 is 9.53 Å². The van der Waals surface area contributed by atoms with Crippen LogP contribution >= 0.6 is 0 Å². The number of hydrogen-bond donors (Lipinski definition) is 1. The van der Waals surface area contributed by atoms with Crippen LogP contribution in [0, 0.1) is 0 Å². The van der Waals surface area contributed by atoms with Crippen LogP contribution in [0.1, 0.15) is 28.4 Å². The van der Waals surface area contributed by atoms with Gasteiger partial charge in [-0.25, -0.2) is 14.8 Å². The van der Waals surface area contributed by atoms with Crippen molar-refractivity contribution in [3.63, 3.8) is 0 Å². The zero-order valence-electron chi connectivity index (χ0n) is 58.5. The van der Waals surface area contributed by atoms with Crippen molar-refractivity contribution in [2.24, 2.45) is 14.1 Å². The summed E-state index contributed by atoms with van der Waals surface area (Å²) in [5.41, 5.74) is 73.3. The first-order valence-corrected chi connectivity index (χ1v) is 32.9. The number of fused-ring (bicyclic) bond motifs is 5. The molecule has 37 heteroatoms. The molecule has 0 unspecified atom stereocenters. The Hall–Kier alpha value is -10.0. The van der Waals surface area contributed by atoms with Crippen LogP contribution in [0.4, 0.5) is 27.5 Å². The average Bonchev–Trinajstić information content (AvgIpc) is 1.75. The van der Waals surface area contributed by atoms with E-state index < -0.39 is 76.6 Å². The Kier molecular flexibility index (Phi) is 36.2. The van der Waals surface area contributed by atoms with Gasteiger partial charge in [-0.3, -0.25) is 4.90 Å². The van der Waals surface area contributed by atoms with Crippen LogP contribution in [0.2, 0.25) is 0 Å². The van der Waals surface area contributed by atoms with Gasteiger partial charge in [0.25, 0.3) is 0 Å². The zero-order valence-corrected chi connectivity index (χ0v) is 58.5. The van der Waals surface area contributed by atoms with Crippen molar-refractivity contribution in [1.82, 2.24) is 19.1 Å². The highest BCUT2D eigenvalue weighted by atomic mass is 16.6. The molecule has 29 radical (unpaired) electrons. The van der Waals surface area contributed by atoms with Crippen molar-refractivity contribution in [2.75, 3.05) is 52.8 Å². The fourth-order valence-corrected chi connectivity index (χ4v) is 12.2. The van der Waals surface area contributed by atoms with Gasteiger partial charge in [0.1, 0.15) is 6.61 Å². The summed E-state index contributed by atoms with van der Waals surface area (Å²) in [6.45, 7) is 11.8. The molecule has 105 heavy (non-hydrogen) atoms. The molecule has 0 fully saturated rings. The summed E-state index contributed by atoms with van der Waals surface area (Å²) in [6, 6.07) is 33.2. The SMILES string of the molecule is C=C=C=C=C=C=C=C=C=C=C=C=C=C=C=C=C=C=C=C=C=C=C=C=C=C=C.Cn1cnc(CN2CCN(C(=O)OCC3c4ccccc4-c4ccccc43)c3ccccc32)c1.Cn1cnc(CN2CCNc3ccccc32)c1.[B][B]B([B])B(B(B([B])[B])B([B])[B])B(B(B([B])[B])B([B])[B])B(B([B])[B])B([B])[B]. The quantitative estimate of drug-likeness (QED) is 0.103. The number of amides is 1. The Balaban J connectivity index is 0.000000225. The molecule has 9 rings (SSSR count). The lowest BCUT2D eigenvalue weighted by Crippen LogP contribution is -2.86. The third-order valence-electron chi connectivity index (χ3n) is 16.5. The van der Waals surface area contributed by atoms with E-state index in [1.165, 1.54) is 40.7 Å². The first-order chi connectivity index (χ1) is 50.7. The van der Waals surface area contributed by atoms with E-state index in [9.17, 15) is 4.79 Å². The third-order valence-corrected chi connectivity index (χ3v) is 16.5. The Morgan fingerprint density at radius 3 is 1.20 bits per heavy atom. The van der Waals surface area contributed by atoms with Gasteiger partial charge < -0.3 is 29.0 Å². The molecule has 0 atom stereocenters. The number of aromatic nitrogens is 4. The molecule has 6 aromatic rings. The normalized spacial score (nSPS) is 10.4. The maximum atomic E-state index is 13.3. The smallest absolute Gasteiger partial charge is 0.414 e. The van der Waals surface area contributed by atoms with Crippen molar-refractivity contribution >= 4 is 221 Å². The summed E-state index contributed by atoms with van der Waals surface area (Å²) in [6.07, 6.45) is -3.07. The largest absolute Gasteiger partial charge is 0.448 e. The standard InChI is InChI=1S/C28H26N4O2.C27H4.C13H16N4.B27/c1-30-16-20(29-19-30)17-31-14-15-32(27-13-7-6-12-26(27)31)28(33)34-18-25-23-10-4-2-8-21(23)22-9-3-5-11-24(22)25;1-3-5-7-9-11-13-15-17-19-21-23-25-27-26-24-22-20-18-16-14-12-10-8-6-4-2;1-16-8-11(15-10-16)9-17-7-6-14-12-4-2-3-5-13(12)17;1-15-22(14)26(23(16(2)3)17(4)5)27(24(18(6)7)19(8)9)25(20(10)11)21(12)13/h2-13,16,19,25H,14-15,17-18H2,1H3;1-2H2;2-5,8,10,14H,6-7,9H2,1H3;. The number of imidazole rings is 2. The van der Waals surface area contributed by atoms with Crippen molar-refractivity contribution in [3.05, 3.63) is 301 Å². The lowest BCUT2D eigenvalue weighted by atomic mass is 8.33. The van der Waals surface area contributed by atoms with Gasteiger partial charge in [-0.2, -0.15) is 0 Å². The van der Waals surface area contributed by atoms with Crippen molar-refractivity contribution in [2.45, 2.75) is 19.0 Å². The van der Waals surface area contributed by atoms with Gasteiger partial charge in [-0.15, -0.1) is 0 Å². The minimum atomic E-state index is -0.994. The first-order valence-electron chi connectivity index (χ1n) is 32.9. The molecule has 1 amide bonds. The van der Waals surface area contributed by atoms with E-state index in [-0.39, 0.29) is 12.0 Å². The predicted molar refractivity (Wildman–Crippen MR) is 457 cm³/mol. The second-order valence-corrected chi connectivity index (χ2v) is 23.6. The summed E-state index contributed by atoms with van der Waals surface area (Å²) >= 11 is 0. The van der Waals surface area contributed by atoms with E-state index in [0.717, 1.165) is 48.9 Å². The molecule has 0 spiro atoms. The van der Waals surface area contributed by atoms with E-state index in [0.29, 0.717) is 19.7 Å². The topological polar surface area (TPSA) is 83.7 Å². The molecule has 0 saturated heterocycles. The Morgan fingerprint density at radius 2 is 0.819 bits per heavy atom.